The lowest BCUT2D eigenvalue weighted by atomic mass is 10.00. The maximum Gasteiger partial charge on any atom is 0.243 e. The van der Waals surface area contributed by atoms with Crippen molar-refractivity contribution in [2.45, 2.75) is 24.7 Å². The molecule has 7 heteroatoms. The van der Waals surface area contributed by atoms with Crippen LogP contribution >= 0.6 is 12.4 Å². The third kappa shape index (κ3) is 4.16. The first-order chi connectivity index (χ1) is 9.45. The van der Waals surface area contributed by atoms with Gasteiger partial charge in [0.25, 0.3) is 0 Å². The van der Waals surface area contributed by atoms with Crippen LogP contribution in [-0.2, 0) is 10.0 Å². The molecule has 0 saturated carbocycles. The van der Waals surface area contributed by atoms with E-state index < -0.39 is 15.8 Å². The Bertz CT molecular complexity index is 578. The lowest BCUT2D eigenvalue weighted by Crippen LogP contribution is -2.42. The molecule has 0 radical (unpaired) electrons. The van der Waals surface area contributed by atoms with Gasteiger partial charge in [-0.2, -0.15) is 4.31 Å². The van der Waals surface area contributed by atoms with E-state index in [9.17, 15) is 12.8 Å². The van der Waals surface area contributed by atoms with Crippen LogP contribution in [0.4, 0.5) is 4.39 Å². The van der Waals surface area contributed by atoms with Gasteiger partial charge >= 0.3 is 0 Å². The van der Waals surface area contributed by atoms with E-state index in [4.69, 9.17) is 0 Å². The average molecular weight is 337 g/mol. The Balaban J connectivity index is 0.00000220. The summed E-state index contributed by atoms with van der Waals surface area (Å²) in [4.78, 5) is 0.0470. The van der Waals surface area contributed by atoms with E-state index in [1.54, 1.807) is 6.92 Å². The summed E-state index contributed by atoms with van der Waals surface area (Å²) in [7, 11) is -1.72. The molecule has 1 heterocycles. The third-order valence-corrected chi connectivity index (χ3v) is 5.62. The lowest BCUT2D eigenvalue weighted by Gasteiger charge is -2.31. The fourth-order valence-corrected chi connectivity index (χ4v) is 4.15. The molecule has 0 bridgehead atoms. The molecule has 21 heavy (non-hydrogen) atoms. The zero-order chi connectivity index (χ0) is 14.8. The van der Waals surface area contributed by atoms with Crippen LogP contribution in [0, 0.1) is 18.7 Å². The Labute approximate surface area is 132 Å². The van der Waals surface area contributed by atoms with Gasteiger partial charge in [0.15, 0.2) is 0 Å². The number of rotatable bonds is 4. The van der Waals surface area contributed by atoms with E-state index in [0.29, 0.717) is 24.6 Å². The predicted octanol–water partition coefficient (Wildman–Crippen LogP) is 2.18. The number of hydrogen-bond acceptors (Lipinski definition) is 3. The van der Waals surface area contributed by atoms with Gasteiger partial charge in [0.2, 0.25) is 10.0 Å². The normalized spacial score (nSPS) is 20.0. The van der Waals surface area contributed by atoms with E-state index >= 15 is 0 Å². The summed E-state index contributed by atoms with van der Waals surface area (Å²) >= 11 is 0. The smallest absolute Gasteiger partial charge is 0.243 e. The molecule has 1 aliphatic rings. The minimum absolute atomic E-state index is 0. The third-order valence-electron chi connectivity index (χ3n) is 3.76. The molecule has 1 aromatic carbocycles. The zero-order valence-corrected chi connectivity index (χ0v) is 13.9. The van der Waals surface area contributed by atoms with Crippen LogP contribution < -0.4 is 5.32 Å². The summed E-state index contributed by atoms with van der Waals surface area (Å²) < 4.78 is 40.1. The maximum atomic E-state index is 13.6. The molecule has 1 aliphatic heterocycles. The van der Waals surface area contributed by atoms with Crippen molar-refractivity contribution >= 4 is 22.4 Å². The van der Waals surface area contributed by atoms with Crippen molar-refractivity contribution in [1.29, 1.82) is 0 Å². The van der Waals surface area contributed by atoms with E-state index in [-0.39, 0.29) is 17.3 Å². The van der Waals surface area contributed by atoms with E-state index in [1.165, 1.54) is 16.4 Å². The van der Waals surface area contributed by atoms with Crippen LogP contribution in [0.2, 0.25) is 0 Å². The number of halogens is 2. The minimum Gasteiger partial charge on any atom is -0.319 e. The average Bonchev–Trinajstić information content (AvgIpc) is 2.42. The van der Waals surface area contributed by atoms with Gasteiger partial charge in [-0.25, -0.2) is 12.8 Å². The minimum atomic E-state index is -3.59. The van der Waals surface area contributed by atoms with Crippen LogP contribution in [0.3, 0.4) is 0 Å². The molecule has 1 unspecified atom stereocenters. The van der Waals surface area contributed by atoms with E-state index in [0.717, 1.165) is 25.5 Å². The van der Waals surface area contributed by atoms with Gasteiger partial charge in [-0.15, -0.1) is 12.4 Å². The Morgan fingerprint density at radius 2 is 2.14 bits per heavy atom. The topological polar surface area (TPSA) is 49.4 Å². The molecule has 0 aliphatic carbocycles. The number of nitrogens with one attached hydrogen (secondary N) is 1. The van der Waals surface area contributed by atoms with Gasteiger partial charge in [0.05, 0.1) is 4.90 Å². The number of piperidine rings is 1. The highest BCUT2D eigenvalue weighted by Gasteiger charge is 2.30. The van der Waals surface area contributed by atoms with Crippen molar-refractivity contribution < 1.29 is 12.8 Å². The molecule has 1 atom stereocenters. The molecule has 1 saturated heterocycles. The second kappa shape index (κ2) is 7.54. The molecule has 0 aromatic heterocycles. The molecule has 1 fully saturated rings. The molecule has 2 rings (SSSR count). The van der Waals surface area contributed by atoms with Crippen LogP contribution in [-0.4, -0.2) is 39.4 Å². The number of nitrogens with zero attached hydrogens (tertiary/aromatic N) is 1. The van der Waals surface area contributed by atoms with E-state index in [1.807, 2.05) is 7.05 Å². The highest BCUT2D eigenvalue weighted by molar-refractivity contribution is 7.89. The number of hydrogen-bond donors (Lipinski definition) is 1. The second-order valence-electron chi connectivity index (χ2n) is 5.34. The summed E-state index contributed by atoms with van der Waals surface area (Å²) in [5.41, 5.74) is 0.454. The Kier molecular flexibility index (Phi) is 6.59. The zero-order valence-electron chi connectivity index (χ0n) is 12.3. The summed E-state index contributed by atoms with van der Waals surface area (Å²) in [5, 5.41) is 3.08. The molecule has 1 N–H and O–H groups in total. The van der Waals surface area contributed by atoms with Crippen LogP contribution in [0.15, 0.2) is 23.1 Å². The molecule has 0 amide bonds. The summed E-state index contributed by atoms with van der Waals surface area (Å²) in [6.45, 7) is 3.43. The van der Waals surface area contributed by atoms with Gasteiger partial charge < -0.3 is 5.32 Å². The Morgan fingerprint density at radius 3 is 2.76 bits per heavy atom. The van der Waals surface area contributed by atoms with Gasteiger partial charge in [-0.3, -0.25) is 0 Å². The van der Waals surface area contributed by atoms with Crippen LogP contribution in [0.25, 0.3) is 0 Å². The van der Waals surface area contributed by atoms with Gasteiger partial charge in [0, 0.05) is 13.1 Å². The summed E-state index contributed by atoms with van der Waals surface area (Å²) in [6.07, 6.45) is 1.87. The lowest BCUT2D eigenvalue weighted by molar-refractivity contribution is 0.263. The van der Waals surface area contributed by atoms with Crippen LogP contribution in [0.1, 0.15) is 18.4 Å². The Hall–Kier alpha value is -0.690. The standard InChI is InChI=1S/C14H21FN2O2S.ClH/c1-11-5-6-13(8-14(11)15)20(18,19)17-7-3-4-12(10-17)9-16-2;/h5-6,8,12,16H,3-4,7,9-10H2,1-2H3;1H. The van der Waals surface area contributed by atoms with Crippen molar-refractivity contribution in [3.8, 4) is 0 Å². The van der Waals surface area contributed by atoms with E-state index in [2.05, 4.69) is 5.32 Å². The number of aryl methyl sites for hydroxylation is 1. The van der Waals surface area contributed by atoms with Crippen LogP contribution in [0.5, 0.6) is 0 Å². The molecule has 1 aromatic rings. The predicted molar refractivity (Wildman–Crippen MR) is 83.8 cm³/mol. The largest absolute Gasteiger partial charge is 0.319 e. The van der Waals surface area contributed by atoms with Crippen molar-refractivity contribution in [2.75, 3.05) is 26.7 Å². The van der Waals surface area contributed by atoms with Gasteiger partial charge in [-0.05, 0) is 57.0 Å². The molecule has 0 spiro atoms. The Morgan fingerprint density at radius 1 is 1.43 bits per heavy atom. The van der Waals surface area contributed by atoms with Crippen molar-refractivity contribution in [3.63, 3.8) is 0 Å². The summed E-state index contributed by atoms with van der Waals surface area (Å²) in [6, 6.07) is 4.11. The number of sulfonamides is 1. The number of benzene rings is 1. The van der Waals surface area contributed by atoms with Gasteiger partial charge in [0.1, 0.15) is 5.82 Å². The highest BCUT2D eigenvalue weighted by atomic mass is 35.5. The molecule has 120 valence electrons. The maximum absolute atomic E-state index is 13.6. The highest BCUT2D eigenvalue weighted by Crippen LogP contribution is 2.24. The second-order valence-corrected chi connectivity index (χ2v) is 7.28. The molecular weight excluding hydrogens is 315 g/mol. The summed E-state index contributed by atoms with van der Waals surface area (Å²) in [5.74, 6) is -0.159. The molecular formula is C14H22ClFN2O2S. The SMILES string of the molecule is CNCC1CCCN(S(=O)(=O)c2ccc(C)c(F)c2)C1.Cl. The first-order valence-corrected chi connectivity index (χ1v) is 8.30. The van der Waals surface area contributed by atoms with Crippen molar-refractivity contribution in [2.24, 2.45) is 5.92 Å². The fraction of sp³-hybridized carbons (Fsp3) is 0.571. The van der Waals surface area contributed by atoms with Gasteiger partial charge in [-0.1, -0.05) is 6.07 Å². The van der Waals surface area contributed by atoms with Crippen molar-refractivity contribution in [1.82, 2.24) is 9.62 Å². The monoisotopic (exact) mass is 336 g/mol. The van der Waals surface area contributed by atoms with Crippen molar-refractivity contribution in [3.05, 3.63) is 29.6 Å². The molecule has 4 nitrogen and oxygen atoms in total. The quantitative estimate of drug-likeness (QED) is 0.916. The first-order valence-electron chi connectivity index (χ1n) is 6.86. The fourth-order valence-electron chi connectivity index (χ4n) is 2.58. The first kappa shape index (κ1) is 18.4.